The van der Waals surface area contributed by atoms with Crippen LogP contribution in [0.5, 0.6) is 0 Å². The molecule has 0 saturated heterocycles. The minimum atomic E-state index is -0.290. The van der Waals surface area contributed by atoms with Crippen molar-refractivity contribution in [2.75, 3.05) is 19.0 Å². The molecule has 2 aromatic carbocycles. The van der Waals surface area contributed by atoms with Crippen LogP contribution in [0.3, 0.4) is 0 Å². The van der Waals surface area contributed by atoms with Crippen LogP contribution in [-0.4, -0.2) is 24.6 Å². The lowest BCUT2D eigenvalue weighted by Crippen LogP contribution is -2.09. The number of anilines is 1. The zero-order valence-electron chi connectivity index (χ0n) is 15.1. The van der Waals surface area contributed by atoms with Crippen molar-refractivity contribution < 1.29 is 9.53 Å². The van der Waals surface area contributed by atoms with Gasteiger partial charge in [0, 0.05) is 23.3 Å². The molecule has 4 rings (SSSR count). The Kier molecular flexibility index (Phi) is 4.33. The Hall–Kier alpha value is -2.88. The second-order valence-electron chi connectivity index (χ2n) is 6.69. The number of carbonyl (C=O) groups is 1. The Bertz CT molecular complexity index is 981. The van der Waals surface area contributed by atoms with Crippen molar-refractivity contribution in [2.24, 2.45) is 0 Å². The van der Waals surface area contributed by atoms with Crippen LogP contribution in [0.4, 0.5) is 5.69 Å². The molecule has 1 aliphatic heterocycles. The van der Waals surface area contributed by atoms with Gasteiger partial charge in [-0.15, -0.1) is 0 Å². The molecule has 4 heteroatoms. The number of esters is 1. The normalized spacial score (nSPS) is 12.7. The summed E-state index contributed by atoms with van der Waals surface area (Å²) >= 11 is 0. The maximum Gasteiger partial charge on any atom is 0.338 e. The largest absolute Gasteiger partial charge is 0.465 e. The van der Waals surface area contributed by atoms with E-state index in [0.717, 1.165) is 53.7 Å². The number of rotatable bonds is 4. The number of aryl methyl sites for hydroxylation is 3. The Balaban J connectivity index is 1.88. The summed E-state index contributed by atoms with van der Waals surface area (Å²) in [5.41, 5.74) is 7.32. The Labute approximate surface area is 153 Å². The maximum atomic E-state index is 12.4. The first kappa shape index (κ1) is 16.6. The van der Waals surface area contributed by atoms with Crippen LogP contribution in [0.25, 0.3) is 10.9 Å². The SMILES string of the molecule is COC(=O)c1ccc2nc(C)c3c(c2c1CCc1ccccc1)NCC3. The molecule has 0 aliphatic carbocycles. The van der Waals surface area contributed by atoms with Crippen LogP contribution in [0, 0.1) is 6.92 Å². The summed E-state index contributed by atoms with van der Waals surface area (Å²) in [6.07, 6.45) is 2.61. The summed E-state index contributed by atoms with van der Waals surface area (Å²) in [5.74, 6) is -0.290. The van der Waals surface area contributed by atoms with Gasteiger partial charge in [-0.05, 0) is 55.0 Å². The predicted octanol–water partition coefficient (Wildman–Crippen LogP) is 4.08. The summed E-state index contributed by atoms with van der Waals surface area (Å²) in [4.78, 5) is 17.2. The van der Waals surface area contributed by atoms with Crippen LogP contribution in [0.15, 0.2) is 42.5 Å². The number of methoxy groups -OCH3 is 1. The van der Waals surface area contributed by atoms with Crippen molar-refractivity contribution >= 4 is 22.6 Å². The van der Waals surface area contributed by atoms with Crippen molar-refractivity contribution in [3.05, 3.63) is 70.4 Å². The minimum absolute atomic E-state index is 0.290. The molecule has 4 nitrogen and oxygen atoms in total. The van der Waals surface area contributed by atoms with E-state index in [-0.39, 0.29) is 5.97 Å². The van der Waals surface area contributed by atoms with Crippen LogP contribution >= 0.6 is 0 Å². The minimum Gasteiger partial charge on any atom is -0.465 e. The van der Waals surface area contributed by atoms with E-state index in [1.54, 1.807) is 0 Å². The van der Waals surface area contributed by atoms with E-state index in [9.17, 15) is 4.79 Å². The van der Waals surface area contributed by atoms with Gasteiger partial charge in [-0.25, -0.2) is 4.79 Å². The molecule has 132 valence electrons. The average Bonchev–Trinajstić information content (AvgIpc) is 3.17. The summed E-state index contributed by atoms with van der Waals surface area (Å²) in [7, 11) is 1.43. The van der Waals surface area contributed by atoms with Crippen molar-refractivity contribution in [1.29, 1.82) is 0 Å². The molecule has 0 saturated carbocycles. The number of hydrogen-bond donors (Lipinski definition) is 1. The number of carbonyl (C=O) groups excluding carboxylic acids is 1. The van der Waals surface area contributed by atoms with Crippen LogP contribution in [0.2, 0.25) is 0 Å². The smallest absolute Gasteiger partial charge is 0.338 e. The summed E-state index contributed by atoms with van der Waals surface area (Å²) < 4.78 is 5.04. The van der Waals surface area contributed by atoms with Gasteiger partial charge in [-0.3, -0.25) is 4.98 Å². The van der Waals surface area contributed by atoms with Gasteiger partial charge in [0.15, 0.2) is 0 Å². The number of hydrogen-bond acceptors (Lipinski definition) is 4. The van der Waals surface area contributed by atoms with Crippen molar-refractivity contribution in [3.63, 3.8) is 0 Å². The van der Waals surface area contributed by atoms with E-state index in [1.165, 1.54) is 18.2 Å². The monoisotopic (exact) mass is 346 g/mol. The van der Waals surface area contributed by atoms with Crippen molar-refractivity contribution in [2.45, 2.75) is 26.2 Å². The van der Waals surface area contributed by atoms with Gasteiger partial charge >= 0.3 is 5.97 Å². The number of benzene rings is 2. The fraction of sp³-hybridized carbons (Fsp3) is 0.273. The summed E-state index contributed by atoms with van der Waals surface area (Å²) in [6, 6.07) is 14.1. The second-order valence-corrected chi connectivity index (χ2v) is 6.69. The molecule has 0 bridgehead atoms. The Morgan fingerprint density at radius 1 is 1.15 bits per heavy atom. The zero-order chi connectivity index (χ0) is 18.1. The van der Waals surface area contributed by atoms with Gasteiger partial charge in [-0.2, -0.15) is 0 Å². The second kappa shape index (κ2) is 6.79. The van der Waals surface area contributed by atoms with Crippen LogP contribution in [0.1, 0.15) is 32.7 Å². The third-order valence-corrected chi connectivity index (χ3v) is 5.16. The third kappa shape index (κ3) is 2.81. The average molecular weight is 346 g/mol. The van der Waals surface area contributed by atoms with Gasteiger partial charge in [0.2, 0.25) is 0 Å². The fourth-order valence-electron chi connectivity index (χ4n) is 3.88. The molecule has 1 aromatic heterocycles. The van der Waals surface area contributed by atoms with E-state index in [4.69, 9.17) is 9.72 Å². The van der Waals surface area contributed by atoms with E-state index in [0.29, 0.717) is 5.56 Å². The highest BCUT2D eigenvalue weighted by atomic mass is 16.5. The third-order valence-electron chi connectivity index (χ3n) is 5.16. The lowest BCUT2D eigenvalue weighted by Gasteiger charge is -2.16. The molecule has 26 heavy (non-hydrogen) atoms. The number of ether oxygens (including phenoxy) is 1. The molecule has 3 aromatic rings. The lowest BCUT2D eigenvalue weighted by molar-refractivity contribution is 0.0599. The van der Waals surface area contributed by atoms with Crippen molar-refractivity contribution in [1.82, 2.24) is 4.98 Å². The van der Waals surface area contributed by atoms with Gasteiger partial charge < -0.3 is 10.1 Å². The molecule has 1 aliphatic rings. The van der Waals surface area contributed by atoms with Crippen LogP contribution in [-0.2, 0) is 24.0 Å². The molecule has 1 N–H and O–H groups in total. The van der Waals surface area contributed by atoms with E-state index in [2.05, 4.69) is 24.4 Å². The highest BCUT2D eigenvalue weighted by Gasteiger charge is 2.23. The molecular weight excluding hydrogens is 324 g/mol. The lowest BCUT2D eigenvalue weighted by atomic mass is 9.93. The van der Waals surface area contributed by atoms with E-state index < -0.39 is 0 Å². The Morgan fingerprint density at radius 3 is 2.73 bits per heavy atom. The first-order chi connectivity index (χ1) is 12.7. The highest BCUT2D eigenvalue weighted by Crippen LogP contribution is 2.36. The van der Waals surface area contributed by atoms with E-state index >= 15 is 0 Å². The number of aromatic nitrogens is 1. The molecule has 0 amide bonds. The molecule has 0 unspecified atom stereocenters. The summed E-state index contributed by atoms with van der Waals surface area (Å²) in [5, 5.41) is 4.59. The van der Waals surface area contributed by atoms with Gasteiger partial charge in [0.1, 0.15) is 0 Å². The quantitative estimate of drug-likeness (QED) is 0.723. The standard InChI is InChI=1S/C22H22N2O2/c1-14-16-12-13-23-21(16)20-17(9-8-15-6-4-3-5-7-15)18(22(25)26-2)10-11-19(20)24-14/h3-7,10-11,23H,8-9,12-13H2,1-2H3. The molecule has 0 fully saturated rings. The molecule has 0 radical (unpaired) electrons. The number of nitrogens with zero attached hydrogens (tertiary/aromatic N) is 1. The van der Waals surface area contributed by atoms with E-state index in [1.807, 2.05) is 30.3 Å². The van der Waals surface area contributed by atoms with Gasteiger partial charge in [0.25, 0.3) is 0 Å². The van der Waals surface area contributed by atoms with Crippen LogP contribution < -0.4 is 5.32 Å². The molecule has 0 atom stereocenters. The zero-order valence-corrected chi connectivity index (χ0v) is 15.1. The first-order valence-corrected chi connectivity index (χ1v) is 9.00. The fourth-order valence-corrected chi connectivity index (χ4v) is 3.88. The topological polar surface area (TPSA) is 51.2 Å². The predicted molar refractivity (Wildman–Crippen MR) is 104 cm³/mol. The number of nitrogens with one attached hydrogen (secondary N) is 1. The van der Waals surface area contributed by atoms with Gasteiger partial charge in [-0.1, -0.05) is 30.3 Å². The Morgan fingerprint density at radius 2 is 1.96 bits per heavy atom. The molecule has 2 heterocycles. The molecule has 0 spiro atoms. The summed E-state index contributed by atoms with van der Waals surface area (Å²) in [6.45, 7) is 2.97. The maximum absolute atomic E-state index is 12.4. The number of pyridine rings is 1. The first-order valence-electron chi connectivity index (χ1n) is 9.00. The van der Waals surface area contributed by atoms with Crippen molar-refractivity contribution in [3.8, 4) is 0 Å². The number of fused-ring (bicyclic) bond motifs is 3. The van der Waals surface area contributed by atoms with Gasteiger partial charge in [0.05, 0.1) is 18.2 Å². The highest BCUT2D eigenvalue weighted by molar-refractivity contribution is 6.03. The molecular formula is C22H22N2O2.